The number of thioether (sulfide) groups is 1. The summed E-state index contributed by atoms with van der Waals surface area (Å²) in [6.07, 6.45) is 0. The average Bonchev–Trinajstić information content (AvgIpc) is 3.33. The molecular formula is C18H17N5OS2. The third-order valence-electron chi connectivity index (χ3n) is 3.70. The summed E-state index contributed by atoms with van der Waals surface area (Å²) in [6, 6.07) is 15.3. The van der Waals surface area contributed by atoms with Gasteiger partial charge in [0.2, 0.25) is 5.91 Å². The molecule has 0 fully saturated rings. The fraction of sp³-hybridized carbons (Fsp3) is 0.222. The van der Waals surface area contributed by atoms with Gasteiger partial charge < -0.3 is 4.57 Å². The quantitative estimate of drug-likeness (QED) is 0.460. The zero-order valence-electron chi connectivity index (χ0n) is 14.2. The predicted octanol–water partition coefficient (Wildman–Crippen LogP) is 3.68. The molecule has 0 unspecified atom stereocenters. The Balaban J connectivity index is 1.74. The summed E-state index contributed by atoms with van der Waals surface area (Å²) in [6.45, 7) is 2.76. The molecule has 0 aliphatic heterocycles. The number of para-hydroxylation sites is 1. The van der Waals surface area contributed by atoms with E-state index in [9.17, 15) is 4.79 Å². The van der Waals surface area contributed by atoms with Crippen LogP contribution in [0.4, 0.5) is 5.69 Å². The molecule has 0 aliphatic rings. The first-order chi connectivity index (χ1) is 12.7. The zero-order valence-corrected chi connectivity index (χ0v) is 15.8. The Kier molecular flexibility index (Phi) is 6.04. The van der Waals surface area contributed by atoms with Gasteiger partial charge in [-0.3, -0.25) is 9.69 Å². The Hall–Kier alpha value is -2.63. The van der Waals surface area contributed by atoms with Gasteiger partial charge in [-0.1, -0.05) is 36.0 Å². The van der Waals surface area contributed by atoms with E-state index in [2.05, 4.69) is 16.3 Å². The first-order valence-electron chi connectivity index (χ1n) is 8.06. The van der Waals surface area contributed by atoms with E-state index in [0.29, 0.717) is 5.16 Å². The van der Waals surface area contributed by atoms with E-state index < -0.39 is 0 Å². The van der Waals surface area contributed by atoms with E-state index in [1.165, 1.54) is 16.7 Å². The van der Waals surface area contributed by atoms with Crippen molar-refractivity contribution < 1.29 is 4.79 Å². The molecule has 0 saturated heterocycles. The van der Waals surface area contributed by atoms with Crippen LogP contribution in [0.1, 0.15) is 6.92 Å². The fourth-order valence-corrected chi connectivity index (χ4v) is 4.07. The van der Waals surface area contributed by atoms with Crippen LogP contribution in [0, 0.1) is 11.3 Å². The fourth-order valence-electron chi connectivity index (χ4n) is 2.47. The first kappa shape index (κ1) is 18.2. The minimum absolute atomic E-state index is 0.0182. The first-order valence-corrected chi connectivity index (χ1v) is 9.93. The summed E-state index contributed by atoms with van der Waals surface area (Å²) in [5.41, 5.74) is 0.718. The minimum atomic E-state index is -0.133. The molecule has 8 heteroatoms. The van der Waals surface area contributed by atoms with Crippen LogP contribution in [0.3, 0.4) is 0 Å². The highest BCUT2D eigenvalue weighted by atomic mass is 32.2. The van der Waals surface area contributed by atoms with Gasteiger partial charge in [-0.05, 0) is 30.5 Å². The Labute approximate surface area is 160 Å². The van der Waals surface area contributed by atoms with Crippen molar-refractivity contribution in [3.8, 4) is 16.8 Å². The second kappa shape index (κ2) is 8.65. The van der Waals surface area contributed by atoms with Crippen LogP contribution in [-0.4, -0.2) is 33.0 Å². The van der Waals surface area contributed by atoms with Gasteiger partial charge in [0.1, 0.15) is 6.54 Å². The maximum Gasteiger partial charge on any atom is 0.238 e. The molecule has 2 heterocycles. The molecule has 0 bridgehead atoms. The van der Waals surface area contributed by atoms with Crippen molar-refractivity contribution in [1.82, 2.24) is 14.8 Å². The number of nitriles is 1. The lowest BCUT2D eigenvalue weighted by Gasteiger charge is -2.19. The second-order valence-electron chi connectivity index (χ2n) is 5.29. The molecule has 0 radical (unpaired) electrons. The van der Waals surface area contributed by atoms with Crippen molar-refractivity contribution in [2.45, 2.75) is 18.6 Å². The Bertz CT molecular complexity index is 900. The van der Waals surface area contributed by atoms with Crippen molar-refractivity contribution in [1.29, 1.82) is 5.26 Å². The summed E-state index contributed by atoms with van der Waals surface area (Å²) >= 11 is 2.95. The monoisotopic (exact) mass is 383 g/mol. The van der Waals surface area contributed by atoms with Gasteiger partial charge in [0.05, 0.1) is 16.7 Å². The Morgan fingerprint density at radius 3 is 2.73 bits per heavy atom. The molecule has 2 aromatic heterocycles. The highest BCUT2D eigenvalue weighted by molar-refractivity contribution is 7.99. The van der Waals surface area contributed by atoms with Gasteiger partial charge >= 0.3 is 0 Å². The Morgan fingerprint density at radius 1 is 1.27 bits per heavy atom. The van der Waals surface area contributed by atoms with Crippen molar-refractivity contribution in [3.05, 3.63) is 47.8 Å². The van der Waals surface area contributed by atoms with E-state index in [-0.39, 0.29) is 18.2 Å². The normalized spacial score (nSPS) is 10.5. The van der Waals surface area contributed by atoms with Crippen LogP contribution in [-0.2, 0) is 11.3 Å². The van der Waals surface area contributed by atoms with Crippen molar-refractivity contribution in [2.75, 3.05) is 17.2 Å². The van der Waals surface area contributed by atoms with E-state index in [1.54, 1.807) is 11.3 Å². The predicted molar refractivity (Wildman–Crippen MR) is 104 cm³/mol. The van der Waals surface area contributed by atoms with Crippen LogP contribution in [0.2, 0.25) is 0 Å². The number of amides is 1. The SMILES string of the molecule is CCn1c(SCC(=O)N(CC#N)c2ccccc2)nnc1-c1cccs1. The lowest BCUT2D eigenvalue weighted by molar-refractivity contribution is -0.116. The lowest BCUT2D eigenvalue weighted by Crippen LogP contribution is -2.32. The number of hydrogen-bond acceptors (Lipinski definition) is 6. The van der Waals surface area contributed by atoms with Gasteiger partial charge in [-0.25, -0.2) is 0 Å². The van der Waals surface area contributed by atoms with Gasteiger partial charge in [0.15, 0.2) is 11.0 Å². The number of rotatable bonds is 7. The van der Waals surface area contributed by atoms with E-state index >= 15 is 0 Å². The number of carbonyl (C=O) groups is 1. The maximum atomic E-state index is 12.6. The third-order valence-corrected chi connectivity index (χ3v) is 5.51. The number of benzene rings is 1. The van der Waals surface area contributed by atoms with Gasteiger partial charge in [0.25, 0.3) is 0 Å². The zero-order chi connectivity index (χ0) is 18.4. The maximum absolute atomic E-state index is 12.6. The molecule has 3 rings (SSSR count). The van der Waals surface area contributed by atoms with Crippen molar-refractivity contribution in [3.63, 3.8) is 0 Å². The van der Waals surface area contributed by atoms with Gasteiger partial charge in [-0.15, -0.1) is 21.5 Å². The molecule has 3 aromatic rings. The van der Waals surface area contributed by atoms with Crippen LogP contribution >= 0.6 is 23.1 Å². The van der Waals surface area contributed by atoms with Crippen LogP contribution in [0.5, 0.6) is 0 Å². The summed E-state index contributed by atoms with van der Waals surface area (Å²) in [7, 11) is 0. The molecule has 0 spiro atoms. The largest absolute Gasteiger partial charge is 0.302 e. The molecule has 6 nitrogen and oxygen atoms in total. The molecule has 1 aromatic carbocycles. The van der Waals surface area contributed by atoms with Crippen molar-refractivity contribution >= 4 is 34.7 Å². The second-order valence-corrected chi connectivity index (χ2v) is 7.18. The molecule has 1 amide bonds. The molecule has 0 saturated carbocycles. The van der Waals surface area contributed by atoms with E-state index in [1.807, 2.05) is 59.3 Å². The third kappa shape index (κ3) is 3.95. The number of nitrogens with zero attached hydrogens (tertiary/aromatic N) is 5. The molecule has 26 heavy (non-hydrogen) atoms. The number of aromatic nitrogens is 3. The van der Waals surface area contributed by atoms with Crippen LogP contribution in [0.25, 0.3) is 10.7 Å². The van der Waals surface area contributed by atoms with E-state index in [0.717, 1.165) is 22.9 Å². The lowest BCUT2D eigenvalue weighted by atomic mass is 10.3. The summed E-state index contributed by atoms with van der Waals surface area (Å²) in [5, 5.41) is 20.3. The van der Waals surface area contributed by atoms with Gasteiger partial charge in [-0.2, -0.15) is 5.26 Å². The number of hydrogen-bond donors (Lipinski definition) is 0. The number of anilines is 1. The topological polar surface area (TPSA) is 74.8 Å². The molecule has 0 atom stereocenters. The summed E-state index contributed by atoms with van der Waals surface area (Å²) in [4.78, 5) is 15.2. The number of thiophene rings is 1. The van der Waals surface area contributed by atoms with E-state index in [4.69, 9.17) is 5.26 Å². The highest BCUT2D eigenvalue weighted by Crippen LogP contribution is 2.27. The summed E-state index contributed by atoms with van der Waals surface area (Å²) < 4.78 is 2.00. The number of carbonyl (C=O) groups excluding carboxylic acids is 1. The van der Waals surface area contributed by atoms with Crippen LogP contribution < -0.4 is 4.90 Å². The van der Waals surface area contributed by atoms with Crippen molar-refractivity contribution in [2.24, 2.45) is 0 Å². The highest BCUT2D eigenvalue weighted by Gasteiger charge is 2.19. The minimum Gasteiger partial charge on any atom is -0.302 e. The smallest absolute Gasteiger partial charge is 0.238 e. The Morgan fingerprint density at radius 2 is 2.08 bits per heavy atom. The molecule has 132 valence electrons. The standard InChI is InChI=1S/C18H17N5OS2/c1-2-22-17(15-9-6-12-25-15)20-21-18(22)26-13-16(24)23(11-10-19)14-7-4-3-5-8-14/h3-9,12H,2,11,13H2,1H3. The average molecular weight is 384 g/mol. The molecular weight excluding hydrogens is 366 g/mol. The summed E-state index contributed by atoms with van der Waals surface area (Å²) in [5.74, 6) is 0.875. The van der Waals surface area contributed by atoms with Gasteiger partial charge in [0, 0.05) is 12.2 Å². The molecule has 0 aliphatic carbocycles. The van der Waals surface area contributed by atoms with Crippen LogP contribution in [0.15, 0.2) is 53.0 Å². The molecule has 0 N–H and O–H groups in total.